The summed E-state index contributed by atoms with van der Waals surface area (Å²) in [6, 6.07) is 16.3. The quantitative estimate of drug-likeness (QED) is 0.192. The second-order valence-electron chi connectivity index (χ2n) is 7.08. The predicted molar refractivity (Wildman–Crippen MR) is 121 cm³/mol. The van der Waals surface area contributed by atoms with E-state index in [0.717, 1.165) is 36.5 Å². The van der Waals surface area contributed by atoms with E-state index >= 15 is 0 Å². The van der Waals surface area contributed by atoms with Gasteiger partial charge in [0.25, 0.3) is 0 Å². The fourth-order valence-corrected chi connectivity index (χ4v) is 3.05. The van der Waals surface area contributed by atoms with Crippen molar-refractivity contribution >= 4 is 12.2 Å². The third-order valence-electron chi connectivity index (χ3n) is 4.79. The number of unbranched alkanes of at least 4 members (excludes halogenated alkanes) is 7. The SMILES string of the molecule is C=CCCCCCCCCCOc1ccc(/C=C/c2ccc(OC)cc2)cc1. The lowest BCUT2D eigenvalue weighted by Crippen LogP contribution is -1.97. The molecular formula is C26H34O2. The second-order valence-corrected chi connectivity index (χ2v) is 7.08. The van der Waals surface area contributed by atoms with Gasteiger partial charge < -0.3 is 9.47 Å². The first kappa shape index (κ1) is 21.8. The summed E-state index contributed by atoms with van der Waals surface area (Å²) in [7, 11) is 1.68. The van der Waals surface area contributed by atoms with Gasteiger partial charge in [-0.3, -0.25) is 0 Å². The molecule has 0 atom stereocenters. The van der Waals surface area contributed by atoms with Gasteiger partial charge in [0, 0.05) is 0 Å². The molecule has 0 spiro atoms. The Morgan fingerprint density at radius 1 is 0.679 bits per heavy atom. The van der Waals surface area contributed by atoms with Gasteiger partial charge in [0.15, 0.2) is 0 Å². The number of hydrogen-bond acceptors (Lipinski definition) is 2. The van der Waals surface area contributed by atoms with E-state index < -0.39 is 0 Å². The summed E-state index contributed by atoms with van der Waals surface area (Å²) in [5.41, 5.74) is 2.32. The molecule has 2 heteroatoms. The van der Waals surface area contributed by atoms with Gasteiger partial charge in [0.1, 0.15) is 11.5 Å². The smallest absolute Gasteiger partial charge is 0.119 e. The number of ether oxygens (including phenoxy) is 2. The van der Waals surface area contributed by atoms with Crippen molar-refractivity contribution in [1.82, 2.24) is 0 Å². The van der Waals surface area contributed by atoms with Crippen LogP contribution >= 0.6 is 0 Å². The standard InChI is InChI=1S/C26H34O2/c1-3-4-5-6-7-8-9-10-11-22-28-26-20-16-24(17-21-26)13-12-23-14-18-25(27-2)19-15-23/h3,12-21H,1,4-11,22H2,2H3/b13-12+. The predicted octanol–water partition coefficient (Wildman–Crippen LogP) is 7.55. The Labute approximate surface area is 170 Å². The lowest BCUT2D eigenvalue weighted by Gasteiger charge is -2.06. The Balaban J connectivity index is 1.60. The molecule has 0 unspecified atom stereocenters. The highest BCUT2D eigenvalue weighted by Gasteiger charge is 1.96. The number of rotatable bonds is 14. The Morgan fingerprint density at radius 2 is 1.18 bits per heavy atom. The van der Waals surface area contributed by atoms with E-state index in [1.165, 1.54) is 44.1 Å². The van der Waals surface area contributed by atoms with Crippen molar-refractivity contribution in [3.05, 3.63) is 72.3 Å². The van der Waals surface area contributed by atoms with Crippen LogP contribution in [0.25, 0.3) is 12.2 Å². The summed E-state index contributed by atoms with van der Waals surface area (Å²) >= 11 is 0. The zero-order valence-corrected chi connectivity index (χ0v) is 17.2. The molecule has 0 radical (unpaired) electrons. The van der Waals surface area contributed by atoms with Crippen molar-refractivity contribution < 1.29 is 9.47 Å². The van der Waals surface area contributed by atoms with Gasteiger partial charge in [0.05, 0.1) is 13.7 Å². The van der Waals surface area contributed by atoms with Crippen LogP contribution in [0.3, 0.4) is 0 Å². The van der Waals surface area contributed by atoms with Crippen molar-refractivity contribution in [2.75, 3.05) is 13.7 Å². The number of methoxy groups -OCH3 is 1. The van der Waals surface area contributed by atoms with Crippen LogP contribution < -0.4 is 9.47 Å². The Hall–Kier alpha value is -2.48. The molecule has 2 aromatic rings. The number of allylic oxidation sites excluding steroid dienone is 1. The van der Waals surface area contributed by atoms with Crippen molar-refractivity contribution in [3.8, 4) is 11.5 Å². The number of benzene rings is 2. The molecule has 0 N–H and O–H groups in total. The maximum atomic E-state index is 5.86. The highest BCUT2D eigenvalue weighted by molar-refractivity contribution is 5.70. The first-order valence-electron chi connectivity index (χ1n) is 10.5. The molecule has 28 heavy (non-hydrogen) atoms. The molecule has 0 aliphatic carbocycles. The van der Waals surface area contributed by atoms with Gasteiger partial charge in [0.2, 0.25) is 0 Å². The minimum Gasteiger partial charge on any atom is -0.497 e. The van der Waals surface area contributed by atoms with Gasteiger partial charge in [-0.1, -0.05) is 74.6 Å². The lowest BCUT2D eigenvalue weighted by molar-refractivity contribution is 0.304. The fraction of sp³-hybridized carbons (Fsp3) is 0.385. The fourth-order valence-electron chi connectivity index (χ4n) is 3.05. The molecule has 0 bridgehead atoms. The summed E-state index contributed by atoms with van der Waals surface area (Å²) in [4.78, 5) is 0. The van der Waals surface area contributed by atoms with Crippen LogP contribution in [0.5, 0.6) is 11.5 Å². The Bertz CT molecular complexity index is 683. The molecule has 2 aromatic carbocycles. The number of hydrogen-bond donors (Lipinski definition) is 0. The molecule has 2 rings (SSSR count). The van der Waals surface area contributed by atoms with E-state index in [4.69, 9.17) is 9.47 Å². The van der Waals surface area contributed by atoms with Crippen LogP contribution in [0.15, 0.2) is 61.2 Å². The summed E-state index contributed by atoms with van der Waals surface area (Å²) in [6.45, 7) is 4.57. The molecule has 0 saturated heterocycles. The van der Waals surface area contributed by atoms with Crippen LogP contribution in [0.4, 0.5) is 0 Å². The van der Waals surface area contributed by atoms with E-state index in [0.29, 0.717) is 0 Å². The molecule has 0 amide bonds. The minimum atomic E-state index is 0.803. The summed E-state index contributed by atoms with van der Waals surface area (Å²) < 4.78 is 11.0. The molecule has 0 aromatic heterocycles. The first-order chi connectivity index (χ1) is 13.8. The van der Waals surface area contributed by atoms with E-state index in [-0.39, 0.29) is 0 Å². The van der Waals surface area contributed by atoms with Crippen LogP contribution in [0, 0.1) is 0 Å². The maximum absolute atomic E-state index is 5.86. The molecule has 0 saturated carbocycles. The van der Waals surface area contributed by atoms with Crippen LogP contribution in [-0.4, -0.2) is 13.7 Å². The Kier molecular flexibility index (Phi) is 10.6. The van der Waals surface area contributed by atoms with Crippen LogP contribution in [-0.2, 0) is 0 Å². The van der Waals surface area contributed by atoms with Crippen molar-refractivity contribution in [3.63, 3.8) is 0 Å². The summed E-state index contributed by atoms with van der Waals surface area (Å²) in [6.07, 6.45) is 16.4. The van der Waals surface area contributed by atoms with Crippen LogP contribution in [0.2, 0.25) is 0 Å². The lowest BCUT2D eigenvalue weighted by atomic mass is 10.1. The van der Waals surface area contributed by atoms with Gasteiger partial charge in [-0.15, -0.1) is 6.58 Å². The molecule has 150 valence electrons. The van der Waals surface area contributed by atoms with Crippen molar-refractivity contribution in [2.45, 2.75) is 51.4 Å². The van der Waals surface area contributed by atoms with Gasteiger partial charge >= 0.3 is 0 Å². The third kappa shape index (κ3) is 8.94. The summed E-state index contributed by atoms with van der Waals surface area (Å²) in [5, 5.41) is 0. The molecule has 2 nitrogen and oxygen atoms in total. The molecular weight excluding hydrogens is 344 g/mol. The minimum absolute atomic E-state index is 0.803. The molecule has 0 fully saturated rings. The van der Waals surface area contributed by atoms with Crippen LogP contribution in [0.1, 0.15) is 62.5 Å². The maximum Gasteiger partial charge on any atom is 0.119 e. The van der Waals surface area contributed by atoms with Gasteiger partial charge in [-0.25, -0.2) is 0 Å². The van der Waals surface area contributed by atoms with Gasteiger partial charge in [-0.2, -0.15) is 0 Å². The normalized spacial score (nSPS) is 10.9. The highest BCUT2D eigenvalue weighted by atomic mass is 16.5. The van der Waals surface area contributed by atoms with Crippen molar-refractivity contribution in [2.24, 2.45) is 0 Å². The highest BCUT2D eigenvalue weighted by Crippen LogP contribution is 2.17. The molecule has 0 heterocycles. The first-order valence-corrected chi connectivity index (χ1v) is 10.5. The second kappa shape index (κ2) is 13.7. The monoisotopic (exact) mass is 378 g/mol. The topological polar surface area (TPSA) is 18.5 Å². The third-order valence-corrected chi connectivity index (χ3v) is 4.79. The Morgan fingerprint density at radius 3 is 1.71 bits per heavy atom. The molecule has 0 aliphatic rings. The van der Waals surface area contributed by atoms with E-state index in [9.17, 15) is 0 Å². The van der Waals surface area contributed by atoms with E-state index in [1.807, 2.05) is 42.5 Å². The molecule has 0 aliphatic heterocycles. The van der Waals surface area contributed by atoms with E-state index in [1.54, 1.807) is 7.11 Å². The van der Waals surface area contributed by atoms with Gasteiger partial charge in [-0.05, 0) is 54.7 Å². The average Bonchev–Trinajstić information content (AvgIpc) is 2.75. The van der Waals surface area contributed by atoms with Crippen molar-refractivity contribution in [1.29, 1.82) is 0 Å². The summed E-state index contributed by atoms with van der Waals surface area (Å²) in [5.74, 6) is 1.83. The van der Waals surface area contributed by atoms with E-state index in [2.05, 4.69) is 30.9 Å². The zero-order chi connectivity index (χ0) is 19.9. The largest absolute Gasteiger partial charge is 0.497 e. The zero-order valence-electron chi connectivity index (χ0n) is 17.2. The average molecular weight is 379 g/mol.